The minimum absolute atomic E-state index is 0.0612. The Hall–Kier alpha value is -3.30. The first-order chi connectivity index (χ1) is 16.2. The first-order valence-electron chi connectivity index (χ1n) is 11.7. The number of allylic oxidation sites excluding steroid dienone is 2. The van der Waals surface area contributed by atoms with Crippen LogP contribution in [0.3, 0.4) is 0 Å². The fourth-order valence-electron chi connectivity index (χ4n) is 3.98. The van der Waals surface area contributed by atoms with E-state index in [1.54, 1.807) is 0 Å². The fourth-order valence-corrected chi connectivity index (χ4v) is 3.98. The van der Waals surface area contributed by atoms with Gasteiger partial charge < -0.3 is 14.8 Å². The zero-order valence-corrected chi connectivity index (χ0v) is 19.8. The molecule has 0 saturated carbocycles. The maximum absolute atomic E-state index is 6.84. The zero-order valence-electron chi connectivity index (χ0n) is 19.8. The molecule has 0 saturated heterocycles. The molecule has 0 fully saturated rings. The van der Waals surface area contributed by atoms with Gasteiger partial charge in [0.25, 0.3) is 0 Å². The molecule has 1 atom stereocenters. The predicted molar refractivity (Wildman–Crippen MR) is 139 cm³/mol. The van der Waals surface area contributed by atoms with Crippen molar-refractivity contribution in [2.75, 3.05) is 20.2 Å². The molecule has 0 heterocycles. The number of hydrogen-bond acceptors (Lipinski definition) is 3. The maximum atomic E-state index is 6.84. The molecule has 0 aliphatic carbocycles. The van der Waals surface area contributed by atoms with Gasteiger partial charge in [0.15, 0.2) is 0 Å². The van der Waals surface area contributed by atoms with Crippen LogP contribution in [0.2, 0.25) is 0 Å². The van der Waals surface area contributed by atoms with E-state index in [0.29, 0.717) is 6.61 Å². The van der Waals surface area contributed by atoms with Crippen molar-refractivity contribution in [1.82, 2.24) is 5.32 Å². The molecule has 3 aromatic carbocycles. The van der Waals surface area contributed by atoms with Crippen molar-refractivity contribution < 1.29 is 9.47 Å². The van der Waals surface area contributed by atoms with Gasteiger partial charge in [0.05, 0.1) is 6.61 Å². The van der Waals surface area contributed by atoms with Crippen LogP contribution in [0, 0.1) is 0 Å². The van der Waals surface area contributed by atoms with Crippen molar-refractivity contribution in [3.8, 4) is 22.6 Å². The molecule has 0 aliphatic heterocycles. The second-order valence-electron chi connectivity index (χ2n) is 7.98. The van der Waals surface area contributed by atoms with Gasteiger partial charge in [0.2, 0.25) is 0 Å². The van der Waals surface area contributed by atoms with E-state index in [9.17, 15) is 0 Å². The van der Waals surface area contributed by atoms with Gasteiger partial charge in [-0.05, 0) is 73.8 Å². The number of nitrogens with one attached hydrogen (secondary N) is 1. The Morgan fingerprint density at radius 1 is 0.939 bits per heavy atom. The SMILES string of the molecule is C=CCc1cc(CC=C)c(OC(CCNC)c2ccccc2)c(-c2ccc(OCC)cc2)c1. The number of benzene rings is 3. The predicted octanol–water partition coefficient (Wildman–Crippen LogP) is 6.94. The lowest BCUT2D eigenvalue weighted by Crippen LogP contribution is -2.17. The van der Waals surface area contributed by atoms with Crippen LogP contribution in [0.5, 0.6) is 11.5 Å². The van der Waals surface area contributed by atoms with Crippen molar-refractivity contribution in [2.45, 2.75) is 32.3 Å². The van der Waals surface area contributed by atoms with Crippen LogP contribution < -0.4 is 14.8 Å². The molecule has 3 aromatic rings. The summed E-state index contributed by atoms with van der Waals surface area (Å²) in [6.07, 6.45) is 6.22. The molecule has 0 bridgehead atoms. The molecule has 0 aliphatic rings. The molecule has 3 heteroatoms. The van der Waals surface area contributed by atoms with Crippen molar-refractivity contribution >= 4 is 0 Å². The topological polar surface area (TPSA) is 30.5 Å². The summed E-state index contributed by atoms with van der Waals surface area (Å²) >= 11 is 0. The fraction of sp³-hybridized carbons (Fsp3) is 0.267. The molecule has 0 spiro atoms. The molecule has 172 valence electrons. The van der Waals surface area contributed by atoms with Crippen LogP contribution in [0.15, 0.2) is 92.0 Å². The van der Waals surface area contributed by atoms with Crippen molar-refractivity contribution in [3.05, 3.63) is 109 Å². The Balaban J connectivity index is 2.11. The van der Waals surface area contributed by atoms with Crippen LogP contribution >= 0.6 is 0 Å². The molecule has 0 radical (unpaired) electrons. The first-order valence-corrected chi connectivity index (χ1v) is 11.7. The van der Waals surface area contributed by atoms with E-state index in [2.05, 4.69) is 67.0 Å². The largest absolute Gasteiger partial charge is 0.494 e. The standard InChI is InChI=1S/C30H35NO2/c1-5-11-23-21-26(12-6-2)30(28(22-23)24-15-17-27(18-16-24)32-7-3)33-29(19-20-31-4)25-13-9-8-10-14-25/h5-6,8-10,13-18,21-22,29,31H,1-2,7,11-12,19-20H2,3-4H3. The molecule has 1 unspecified atom stereocenters. The molecule has 3 nitrogen and oxygen atoms in total. The van der Waals surface area contributed by atoms with Gasteiger partial charge >= 0.3 is 0 Å². The lowest BCUT2D eigenvalue weighted by Gasteiger charge is -2.24. The minimum atomic E-state index is -0.0612. The highest BCUT2D eigenvalue weighted by atomic mass is 16.5. The van der Waals surface area contributed by atoms with Gasteiger partial charge in [-0.3, -0.25) is 0 Å². The van der Waals surface area contributed by atoms with E-state index in [-0.39, 0.29) is 6.10 Å². The van der Waals surface area contributed by atoms with E-state index in [1.165, 1.54) is 11.1 Å². The summed E-state index contributed by atoms with van der Waals surface area (Å²) in [5.41, 5.74) is 5.71. The highest BCUT2D eigenvalue weighted by Gasteiger charge is 2.20. The van der Waals surface area contributed by atoms with E-state index in [0.717, 1.165) is 54.0 Å². The van der Waals surface area contributed by atoms with Gasteiger partial charge in [-0.25, -0.2) is 0 Å². The third kappa shape index (κ3) is 6.59. The lowest BCUT2D eigenvalue weighted by atomic mass is 9.95. The zero-order chi connectivity index (χ0) is 23.5. The molecule has 1 N–H and O–H groups in total. The van der Waals surface area contributed by atoms with Crippen molar-refractivity contribution in [2.24, 2.45) is 0 Å². The van der Waals surface area contributed by atoms with Crippen molar-refractivity contribution in [3.63, 3.8) is 0 Å². The van der Waals surface area contributed by atoms with Crippen LogP contribution in [0.4, 0.5) is 0 Å². The molecule has 0 amide bonds. The molecular formula is C30H35NO2. The van der Waals surface area contributed by atoms with Crippen LogP contribution in [0.25, 0.3) is 11.1 Å². The van der Waals surface area contributed by atoms with E-state index < -0.39 is 0 Å². The summed E-state index contributed by atoms with van der Waals surface area (Å²) in [5, 5.41) is 3.26. The Morgan fingerprint density at radius 2 is 1.67 bits per heavy atom. The van der Waals surface area contributed by atoms with Gasteiger partial charge in [0.1, 0.15) is 17.6 Å². The van der Waals surface area contributed by atoms with Gasteiger partial charge in [-0.1, -0.05) is 60.7 Å². The summed E-state index contributed by atoms with van der Waals surface area (Å²) in [7, 11) is 1.97. The minimum Gasteiger partial charge on any atom is -0.494 e. The summed E-state index contributed by atoms with van der Waals surface area (Å²) in [6, 6.07) is 23.1. The lowest BCUT2D eigenvalue weighted by molar-refractivity contribution is 0.194. The van der Waals surface area contributed by atoms with Crippen LogP contribution in [-0.4, -0.2) is 20.2 Å². The Kier molecular flexibility index (Phi) is 9.34. The van der Waals surface area contributed by atoms with Gasteiger partial charge in [0, 0.05) is 12.0 Å². The number of ether oxygens (including phenoxy) is 2. The van der Waals surface area contributed by atoms with Crippen LogP contribution in [-0.2, 0) is 12.8 Å². The monoisotopic (exact) mass is 441 g/mol. The molecule has 3 rings (SSSR count). The van der Waals surface area contributed by atoms with Crippen LogP contribution in [0.1, 0.15) is 36.1 Å². The van der Waals surface area contributed by atoms with E-state index >= 15 is 0 Å². The maximum Gasteiger partial charge on any atom is 0.131 e. The second-order valence-corrected chi connectivity index (χ2v) is 7.98. The average Bonchev–Trinajstić information content (AvgIpc) is 2.84. The summed E-state index contributed by atoms with van der Waals surface area (Å²) in [4.78, 5) is 0. The summed E-state index contributed by atoms with van der Waals surface area (Å²) in [6.45, 7) is 11.4. The highest BCUT2D eigenvalue weighted by Crippen LogP contribution is 2.39. The summed E-state index contributed by atoms with van der Waals surface area (Å²) in [5.74, 6) is 1.78. The number of rotatable bonds is 13. The smallest absolute Gasteiger partial charge is 0.131 e. The van der Waals surface area contributed by atoms with E-state index in [1.807, 2.05) is 44.3 Å². The van der Waals surface area contributed by atoms with E-state index in [4.69, 9.17) is 9.47 Å². The van der Waals surface area contributed by atoms with Crippen molar-refractivity contribution in [1.29, 1.82) is 0 Å². The third-order valence-corrected chi connectivity index (χ3v) is 5.53. The molecule has 33 heavy (non-hydrogen) atoms. The van der Waals surface area contributed by atoms with Gasteiger partial charge in [-0.2, -0.15) is 0 Å². The Bertz CT molecular complexity index is 1030. The number of hydrogen-bond donors (Lipinski definition) is 1. The Morgan fingerprint density at radius 3 is 2.30 bits per heavy atom. The third-order valence-electron chi connectivity index (χ3n) is 5.53. The molecular weight excluding hydrogens is 406 g/mol. The summed E-state index contributed by atoms with van der Waals surface area (Å²) < 4.78 is 12.5. The molecule has 0 aromatic heterocycles. The first kappa shape index (κ1) is 24.3. The van der Waals surface area contributed by atoms with Gasteiger partial charge in [-0.15, -0.1) is 13.2 Å². The highest BCUT2D eigenvalue weighted by molar-refractivity contribution is 5.74. The average molecular weight is 442 g/mol. The Labute approximate surface area is 198 Å². The normalized spacial score (nSPS) is 11.6. The quantitative estimate of drug-likeness (QED) is 0.291. The second kappa shape index (κ2) is 12.7.